The minimum atomic E-state index is -0.195. The van der Waals surface area contributed by atoms with Gasteiger partial charge < -0.3 is 9.84 Å². The summed E-state index contributed by atoms with van der Waals surface area (Å²) < 4.78 is 5.42. The van der Waals surface area contributed by atoms with Crippen LogP contribution in [0.4, 0.5) is 0 Å². The average molecular weight is 225 g/mol. The van der Waals surface area contributed by atoms with Crippen LogP contribution in [0.5, 0.6) is 0 Å². The lowest BCUT2D eigenvalue weighted by atomic mass is 9.74. The second-order valence-electron chi connectivity index (χ2n) is 6.81. The van der Waals surface area contributed by atoms with Crippen molar-refractivity contribution < 1.29 is 9.84 Å². The second kappa shape index (κ2) is 3.21. The first-order chi connectivity index (χ1) is 7.42. The number of aliphatic hydroxyl groups excluding tert-OH is 1. The van der Waals surface area contributed by atoms with E-state index in [0.717, 1.165) is 32.4 Å². The Morgan fingerprint density at radius 3 is 2.31 bits per heavy atom. The molecule has 0 radical (unpaired) electrons. The molecule has 0 unspecified atom stereocenters. The van der Waals surface area contributed by atoms with Crippen LogP contribution in [-0.4, -0.2) is 46.9 Å². The first kappa shape index (κ1) is 11.0. The molecule has 2 heterocycles. The van der Waals surface area contributed by atoms with Crippen molar-refractivity contribution in [2.24, 2.45) is 5.41 Å². The fraction of sp³-hybridized carbons (Fsp3) is 1.00. The van der Waals surface area contributed by atoms with Gasteiger partial charge in [-0.05, 0) is 53.1 Å². The predicted octanol–water partition coefficient (Wildman–Crippen LogP) is 1.40. The molecule has 0 aromatic heterocycles. The van der Waals surface area contributed by atoms with Crippen LogP contribution in [0.25, 0.3) is 0 Å². The molecule has 1 spiro atoms. The van der Waals surface area contributed by atoms with Crippen LogP contribution in [-0.2, 0) is 4.74 Å². The van der Waals surface area contributed by atoms with E-state index in [2.05, 4.69) is 25.7 Å². The molecular weight excluding hydrogens is 202 g/mol. The summed E-state index contributed by atoms with van der Waals surface area (Å²) in [7, 11) is 0. The van der Waals surface area contributed by atoms with Crippen LogP contribution in [0.15, 0.2) is 0 Å². The first-order valence-electron chi connectivity index (χ1n) is 6.51. The van der Waals surface area contributed by atoms with Gasteiger partial charge in [0.15, 0.2) is 0 Å². The molecule has 3 atom stereocenters. The minimum absolute atomic E-state index is 0.182. The van der Waals surface area contributed by atoms with Gasteiger partial charge in [-0.3, -0.25) is 4.90 Å². The molecule has 0 aromatic rings. The van der Waals surface area contributed by atoms with E-state index in [1.165, 1.54) is 0 Å². The van der Waals surface area contributed by atoms with Gasteiger partial charge in [-0.1, -0.05) is 0 Å². The van der Waals surface area contributed by atoms with E-state index in [1.54, 1.807) is 0 Å². The lowest BCUT2D eigenvalue weighted by Crippen LogP contribution is -2.51. The molecule has 1 N–H and O–H groups in total. The molecule has 0 bridgehead atoms. The number of aliphatic hydroxyl groups is 1. The molecular formula is C13H23NO2. The van der Waals surface area contributed by atoms with Gasteiger partial charge in [0.25, 0.3) is 0 Å². The third-order valence-electron chi connectivity index (χ3n) is 4.88. The van der Waals surface area contributed by atoms with E-state index in [9.17, 15) is 5.11 Å². The number of nitrogens with zero attached hydrogens (tertiary/aromatic N) is 1. The zero-order chi connectivity index (χ0) is 11.6. The van der Waals surface area contributed by atoms with E-state index < -0.39 is 0 Å². The Kier molecular flexibility index (Phi) is 2.21. The molecule has 1 saturated carbocycles. The molecule has 3 fully saturated rings. The van der Waals surface area contributed by atoms with Crippen LogP contribution < -0.4 is 0 Å². The molecule has 92 valence electrons. The quantitative estimate of drug-likeness (QED) is 0.633. The van der Waals surface area contributed by atoms with E-state index in [1.807, 2.05) is 0 Å². The van der Waals surface area contributed by atoms with Crippen LogP contribution in [0, 0.1) is 5.41 Å². The summed E-state index contributed by atoms with van der Waals surface area (Å²) in [5, 5.41) is 10.3. The first-order valence-corrected chi connectivity index (χ1v) is 6.51. The highest BCUT2D eigenvalue weighted by Gasteiger charge is 2.63. The van der Waals surface area contributed by atoms with Crippen LogP contribution in [0.3, 0.4) is 0 Å². The highest BCUT2D eigenvalue weighted by molar-refractivity contribution is 5.12. The van der Waals surface area contributed by atoms with Crippen LogP contribution in [0.1, 0.15) is 40.0 Å². The summed E-state index contributed by atoms with van der Waals surface area (Å²) in [6, 6.07) is 0. The number of fused-ring (bicyclic) bond motifs is 1. The van der Waals surface area contributed by atoms with Crippen molar-refractivity contribution in [2.75, 3.05) is 13.1 Å². The van der Waals surface area contributed by atoms with Crippen LogP contribution >= 0.6 is 0 Å². The Bertz CT molecular complexity index is 289. The molecule has 2 saturated heterocycles. The Morgan fingerprint density at radius 1 is 1.25 bits per heavy atom. The van der Waals surface area contributed by atoms with Gasteiger partial charge in [0, 0.05) is 11.0 Å². The van der Waals surface area contributed by atoms with Gasteiger partial charge in [0.1, 0.15) is 6.10 Å². The maximum Gasteiger partial charge on any atom is 0.111 e. The van der Waals surface area contributed by atoms with Gasteiger partial charge in [-0.15, -0.1) is 0 Å². The van der Waals surface area contributed by atoms with Crippen molar-refractivity contribution >= 4 is 0 Å². The summed E-state index contributed by atoms with van der Waals surface area (Å²) in [6.45, 7) is 9.07. The van der Waals surface area contributed by atoms with Crippen molar-refractivity contribution in [3.05, 3.63) is 0 Å². The number of hydrogen-bond acceptors (Lipinski definition) is 3. The van der Waals surface area contributed by atoms with Crippen LogP contribution in [0.2, 0.25) is 0 Å². The third-order valence-corrected chi connectivity index (χ3v) is 4.88. The highest BCUT2D eigenvalue weighted by atomic mass is 16.6. The van der Waals surface area contributed by atoms with E-state index >= 15 is 0 Å². The standard InChI is InChI=1S/C13H23NO2/c1-12(2,3)14-6-4-13(5-7-14)8-9-10(16-9)11(13)15/h9-11,15H,4-8H2,1-3H3/t9-,10-,11-/m0/s1. The van der Waals surface area contributed by atoms with Crippen molar-refractivity contribution in [3.8, 4) is 0 Å². The maximum absolute atomic E-state index is 10.3. The zero-order valence-corrected chi connectivity index (χ0v) is 10.6. The van der Waals surface area contributed by atoms with Crippen molar-refractivity contribution in [1.29, 1.82) is 0 Å². The smallest absolute Gasteiger partial charge is 0.111 e. The number of piperidine rings is 1. The molecule has 2 aliphatic heterocycles. The number of epoxide rings is 1. The Hall–Kier alpha value is -0.120. The third kappa shape index (κ3) is 1.52. The molecule has 16 heavy (non-hydrogen) atoms. The summed E-state index contributed by atoms with van der Waals surface area (Å²) in [5.74, 6) is 0. The topological polar surface area (TPSA) is 36.0 Å². The molecule has 3 heteroatoms. The lowest BCUT2D eigenvalue weighted by Gasteiger charge is -2.47. The Balaban J connectivity index is 1.66. The fourth-order valence-electron chi connectivity index (χ4n) is 3.59. The largest absolute Gasteiger partial charge is 0.390 e. The van der Waals surface area contributed by atoms with Gasteiger partial charge in [-0.25, -0.2) is 0 Å². The monoisotopic (exact) mass is 225 g/mol. The van der Waals surface area contributed by atoms with Crippen molar-refractivity contribution in [2.45, 2.75) is 63.9 Å². The van der Waals surface area contributed by atoms with E-state index in [4.69, 9.17) is 4.74 Å². The maximum atomic E-state index is 10.3. The van der Waals surface area contributed by atoms with Crippen molar-refractivity contribution in [3.63, 3.8) is 0 Å². The zero-order valence-electron chi connectivity index (χ0n) is 10.6. The minimum Gasteiger partial charge on any atom is -0.390 e. The average Bonchev–Trinajstić information content (AvgIpc) is 2.90. The Labute approximate surface area is 97.8 Å². The summed E-state index contributed by atoms with van der Waals surface area (Å²) >= 11 is 0. The molecule has 0 amide bonds. The normalized spacial score (nSPS) is 42.4. The summed E-state index contributed by atoms with van der Waals surface area (Å²) in [6.07, 6.45) is 3.75. The molecule has 3 aliphatic rings. The lowest BCUT2D eigenvalue weighted by molar-refractivity contribution is -0.0555. The van der Waals surface area contributed by atoms with Crippen molar-refractivity contribution in [1.82, 2.24) is 4.90 Å². The second-order valence-corrected chi connectivity index (χ2v) is 6.81. The predicted molar refractivity (Wildman–Crippen MR) is 62.3 cm³/mol. The Morgan fingerprint density at radius 2 is 1.88 bits per heavy atom. The van der Waals surface area contributed by atoms with Gasteiger partial charge in [-0.2, -0.15) is 0 Å². The molecule has 1 aliphatic carbocycles. The van der Waals surface area contributed by atoms with Gasteiger partial charge in [0.2, 0.25) is 0 Å². The summed E-state index contributed by atoms with van der Waals surface area (Å²) in [4.78, 5) is 2.54. The molecule has 3 nitrogen and oxygen atoms in total. The highest BCUT2D eigenvalue weighted by Crippen LogP contribution is 2.55. The van der Waals surface area contributed by atoms with Gasteiger partial charge in [0.05, 0.1) is 12.2 Å². The number of ether oxygens (including phenoxy) is 1. The van der Waals surface area contributed by atoms with E-state index in [-0.39, 0.29) is 23.2 Å². The number of hydrogen-bond donors (Lipinski definition) is 1. The fourth-order valence-corrected chi connectivity index (χ4v) is 3.59. The number of rotatable bonds is 0. The SMILES string of the molecule is CC(C)(C)N1CCC2(CC1)C[C@@H]1O[C@@H]1[C@@H]2O. The molecule has 0 aromatic carbocycles. The van der Waals surface area contributed by atoms with E-state index in [0.29, 0.717) is 6.10 Å². The molecule has 3 rings (SSSR count). The number of likely N-dealkylation sites (tertiary alicyclic amines) is 1. The van der Waals surface area contributed by atoms with Gasteiger partial charge >= 0.3 is 0 Å². The summed E-state index contributed by atoms with van der Waals surface area (Å²) in [5.41, 5.74) is 0.458.